The van der Waals surface area contributed by atoms with Crippen LogP contribution in [0, 0.1) is 12.7 Å². The van der Waals surface area contributed by atoms with E-state index in [9.17, 15) is 14.0 Å². The highest BCUT2D eigenvalue weighted by atomic mass is 35.5. The summed E-state index contributed by atoms with van der Waals surface area (Å²) in [6, 6.07) is 9.63. The number of benzene rings is 2. The molecule has 6 heteroatoms. The molecule has 4 nitrogen and oxygen atoms in total. The topological polar surface area (TPSA) is 56.5 Å². The molecule has 122 valence electrons. The Morgan fingerprint density at radius 2 is 1.92 bits per heavy atom. The van der Waals surface area contributed by atoms with E-state index in [1.54, 1.807) is 13.0 Å². The number of carbonyl (C=O) groups excluding carboxylic acids is 1. The Balaban J connectivity index is 1.84. The number of aryl methyl sites for hydroxylation is 1. The van der Waals surface area contributed by atoms with Gasteiger partial charge in [0.15, 0.2) is 12.4 Å². The van der Waals surface area contributed by atoms with E-state index >= 15 is 0 Å². The zero-order chi connectivity index (χ0) is 17.3. The Bertz CT molecular complexity index is 977. The van der Waals surface area contributed by atoms with Gasteiger partial charge < -0.3 is 9.15 Å². The third-order valence-electron chi connectivity index (χ3n) is 3.53. The van der Waals surface area contributed by atoms with Crippen LogP contribution in [0.4, 0.5) is 4.39 Å². The van der Waals surface area contributed by atoms with Crippen molar-refractivity contribution in [2.75, 3.05) is 6.61 Å². The highest BCUT2D eigenvalue weighted by molar-refractivity contribution is 6.32. The van der Waals surface area contributed by atoms with Crippen LogP contribution in [0.1, 0.15) is 15.9 Å². The molecule has 0 amide bonds. The SMILES string of the molecule is Cc1cc(=O)oc2cc(OCC(=O)c3ccc(F)cc3)c(Cl)cc12. The normalized spacial score (nSPS) is 10.8. The van der Waals surface area contributed by atoms with Crippen LogP contribution in [0.2, 0.25) is 5.02 Å². The summed E-state index contributed by atoms with van der Waals surface area (Å²) >= 11 is 6.16. The second-order valence-corrected chi connectivity index (χ2v) is 5.65. The highest BCUT2D eigenvalue weighted by Gasteiger charge is 2.12. The Hall–Kier alpha value is -2.66. The number of carbonyl (C=O) groups is 1. The molecule has 24 heavy (non-hydrogen) atoms. The van der Waals surface area contributed by atoms with Crippen LogP contribution in [0.3, 0.4) is 0 Å². The van der Waals surface area contributed by atoms with E-state index in [4.69, 9.17) is 20.8 Å². The van der Waals surface area contributed by atoms with Gasteiger partial charge >= 0.3 is 5.63 Å². The van der Waals surface area contributed by atoms with Crippen LogP contribution in [0.5, 0.6) is 5.75 Å². The first kappa shape index (κ1) is 16.2. The molecule has 0 radical (unpaired) electrons. The van der Waals surface area contributed by atoms with Gasteiger partial charge in [0.1, 0.15) is 17.1 Å². The van der Waals surface area contributed by atoms with Gasteiger partial charge in [0.25, 0.3) is 0 Å². The predicted molar refractivity (Wildman–Crippen MR) is 88.5 cm³/mol. The number of fused-ring (bicyclic) bond motifs is 1. The lowest BCUT2D eigenvalue weighted by atomic mass is 10.1. The Labute approximate surface area is 141 Å². The Morgan fingerprint density at radius 3 is 2.62 bits per heavy atom. The Morgan fingerprint density at radius 1 is 1.21 bits per heavy atom. The van der Waals surface area contributed by atoms with Gasteiger partial charge in [-0.15, -0.1) is 0 Å². The number of rotatable bonds is 4. The van der Waals surface area contributed by atoms with Gasteiger partial charge in [-0.2, -0.15) is 0 Å². The molecule has 2 aromatic carbocycles. The maximum atomic E-state index is 12.9. The summed E-state index contributed by atoms with van der Waals surface area (Å²) in [5.41, 5.74) is 0.914. The summed E-state index contributed by atoms with van der Waals surface area (Å²) in [5, 5.41) is 0.989. The first-order chi connectivity index (χ1) is 11.4. The van der Waals surface area contributed by atoms with Crippen LogP contribution in [0.15, 0.2) is 51.7 Å². The molecule has 0 fully saturated rings. The van der Waals surface area contributed by atoms with Gasteiger partial charge in [-0.1, -0.05) is 11.6 Å². The summed E-state index contributed by atoms with van der Waals surface area (Å²) in [5.74, 6) is -0.513. The molecule has 0 bridgehead atoms. The molecule has 0 saturated heterocycles. The lowest BCUT2D eigenvalue weighted by molar-refractivity contribution is 0.0921. The number of ether oxygens (including phenoxy) is 1. The number of hydrogen-bond acceptors (Lipinski definition) is 4. The van der Waals surface area contributed by atoms with E-state index in [2.05, 4.69) is 0 Å². The number of hydrogen-bond donors (Lipinski definition) is 0. The molecule has 0 spiro atoms. The third-order valence-corrected chi connectivity index (χ3v) is 3.82. The van der Waals surface area contributed by atoms with Crippen LogP contribution in [-0.4, -0.2) is 12.4 Å². The molecule has 0 saturated carbocycles. The molecular formula is C18H12ClFO4. The minimum Gasteiger partial charge on any atom is -0.484 e. The fourth-order valence-corrected chi connectivity index (χ4v) is 2.51. The molecule has 1 heterocycles. The molecule has 1 aromatic heterocycles. The summed E-state index contributed by atoms with van der Waals surface area (Å²) in [6.45, 7) is 1.50. The van der Waals surface area contributed by atoms with Gasteiger partial charge in [0.2, 0.25) is 0 Å². The van der Waals surface area contributed by atoms with Crippen molar-refractivity contribution in [3.63, 3.8) is 0 Å². The van der Waals surface area contributed by atoms with Gasteiger partial charge in [0, 0.05) is 23.1 Å². The van der Waals surface area contributed by atoms with Gasteiger partial charge in [-0.05, 0) is 42.8 Å². The monoisotopic (exact) mass is 346 g/mol. The van der Waals surface area contributed by atoms with Gasteiger partial charge in [-0.25, -0.2) is 9.18 Å². The van der Waals surface area contributed by atoms with Crippen molar-refractivity contribution in [3.05, 3.63) is 74.9 Å². The molecule has 0 aliphatic carbocycles. The third kappa shape index (κ3) is 3.31. The standard InChI is InChI=1S/C18H12ClFO4/c1-10-6-18(22)24-16-8-17(14(19)7-13(10)16)23-9-15(21)11-2-4-12(20)5-3-11/h2-8H,9H2,1H3. The van der Waals surface area contributed by atoms with Crippen molar-refractivity contribution in [2.24, 2.45) is 0 Å². The van der Waals surface area contributed by atoms with Gasteiger partial charge in [0.05, 0.1) is 5.02 Å². The first-order valence-corrected chi connectivity index (χ1v) is 7.47. The summed E-state index contributed by atoms with van der Waals surface area (Å²) in [4.78, 5) is 23.5. The van der Waals surface area contributed by atoms with E-state index in [0.29, 0.717) is 21.6 Å². The fourth-order valence-electron chi connectivity index (χ4n) is 2.29. The van der Waals surface area contributed by atoms with Crippen molar-refractivity contribution in [1.29, 1.82) is 0 Å². The quantitative estimate of drug-likeness (QED) is 0.526. The maximum absolute atomic E-state index is 12.9. The average molecular weight is 347 g/mol. The number of ketones is 1. The first-order valence-electron chi connectivity index (χ1n) is 7.09. The minimum atomic E-state index is -0.476. The van der Waals surface area contributed by atoms with Crippen LogP contribution in [0.25, 0.3) is 11.0 Å². The fraction of sp³-hybridized carbons (Fsp3) is 0.111. The van der Waals surface area contributed by atoms with E-state index in [-0.39, 0.29) is 18.1 Å². The van der Waals surface area contributed by atoms with Crippen LogP contribution < -0.4 is 10.4 Å². The van der Waals surface area contributed by atoms with Crippen LogP contribution >= 0.6 is 11.6 Å². The molecule has 0 aliphatic heterocycles. The van der Waals surface area contributed by atoms with Crippen molar-refractivity contribution in [1.82, 2.24) is 0 Å². The predicted octanol–water partition coefficient (Wildman–Crippen LogP) is 4.16. The summed E-state index contributed by atoms with van der Waals surface area (Å²) < 4.78 is 23.4. The summed E-state index contributed by atoms with van der Waals surface area (Å²) in [6.07, 6.45) is 0. The smallest absolute Gasteiger partial charge is 0.336 e. The minimum absolute atomic E-state index is 0.230. The molecule has 0 unspecified atom stereocenters. The molecular weight excluding hydrogens is 335 g/mol. The molecule has 0 aliphatic rings. The zero-order valence-electron chi connectivity index (χ0n) is 12.6. The van der Waals surface area contributed by atoms with Crippen LogP contribution in [-0.2, 0) is 0 Å². The second-order valence-electron chi connectivity index (χ2n) is 5.25. The molecule has 3 rings (SSSR count). The molecule has 0 atom stereocenters. The van der Waals surface area contributed by atoms with Crippen molar-refractivity contribution < 1.29 is 18.3 Å². The second kappa shape index (κ2) is 6.45. The highest BCUT2D eigenvalue weighted by Crippen LogP contribution is 2.31. The van der Waals surface area contributed by atoms with E-state index in [1.165, 1.54) is 36.4 Å². The average Bonchev–Trinajstić information content (AvgIpc) is 2.54. The van der Waals surface area contributed by atoms with Crippen molar-refractivity contribution in [2.45, 2.75) is 6.92 Å². The van der Waals surface area contributed by atoms with E-state index < -0.39 is 11.4 Å². The lowest BCUT2D eigenvalue weighted by Gasteiger charge is -2.09. The van der Waals surface area contributed by atoms with Gasteiger partial charge in [-0.3, -0.25) is 4.79 Å². The van der Waals surface area contributed by atoms with Crippen molar-refractivity contribution in [3.8, 4) is 5.75 Å². The summed E-state index contributed by atoms with van der Waals surface area (Å²) in [7, 11) is 0. The zero-order valence-corrected chi connectivity index (χ0v) is 13.4. The molecule has 0 N–H and O–H groups in total. The largest absolute Gasteiger partial charge is 0.484 e. The number of Topliss-reactive ketones (excluding diaryl/α,β-unsaturated/α-hetero) is 1. The van der Waals surface area contributed by atoms with E-state index in [0.717, 1.165) is 5.56 Å². The maximum Gasteiger partial charge on any atom is 0.336 e. The Kier molecular flexibility index (Phi) is 4.36. The lowest BCUT2D eigenvalue weighted by Crippen LogP contribution is -2.12. The molecule has 3 aromatic rings. The number of halogens is 2. The van der Waals surface area contributed by atoms with E-state index in [1.807, 2.05) is 0 Å². The van der Waals surface area contributed by atoms with Crippen molar-refractivity contribution >= 4 is 28.4 Å².